The van der Waals surface area contributed by atoms with Crippen LogP contribution in [0.3, 0.4) is 0 Å². The first kappa shape index (κ1) is 15.4. The van der Waals surface area contributed by atoms with Gasteiger partial charge >= 0.3 is 0 Å². The lowest BCUT2D eigenvalue weighted by Crippen LogP contribution is -2.11. The number of hydrogen-bond acceptors (Lipinski definition) is 4. The number of aromatic nitrogens is 3. The molecular weight excluding hydrogens is 308 g/mol. The molecule has 0 radical (unpaired) electrons. The van der Waals surface area contributed by atoms with Gasteiger partial charge in [-0.15, -0.1) is 10.2 Å². The zero-order valence-electron chi connectivity index (χ0n) is 13.3. The highest BCUT2D eigenvalue weighted by Crippen LogP contribution is 2.19. The molecule has 0 saturated carbocycles. The largest absolute Gasteiger partial charge is 0.319 e. The summed E-state index contributed by atoms with van der Waals surface area (Å²) in [4.78, 5) is 12.3. The standard InChI is InChI=1S/C17H18N4OS/c1-4-15-19-20-17(23-15)18-16(22)13-7-9-14(10-8-13)21-11(2)5-6-12(21)3/h5-10H,4H2,1-3H3,(H,18,20,22). The van der Waals surface area contributed by atoms with Crippen LogP contribution < -0.4 is 5.32 Å². The third-order valence-electron chi connectivity index (χ3n) is 3.65. The number of hydrogen-bond donors (Lipinski definition) is 1. The Morgan fingerprint density at radius 1 is 1.09 bits per heavy atom. The molecule has 6 heteroatoms. The number of nitrogens with zero attached hydrogens (tertiary/aromatic N) is 3. The Labute approximate surface area is 139 Å². The molecule has 2 aromatic heterocycles. The van der Waals surface area contributed by atoms with E-state index in [2.05, 4.69) is 46.1 Å². The smallest absolute Gasteiger partial charge is 0.257 e. The highest BCUT2D eigenvalue weighted by atomic mass is 32.1. The van der Waals surface area contributed by atoms with Crippen LogP contribution in [0.5, 0.6) is 0 Å². The number of anilines is 1. The fraction of sp³-hybridized carbons (Fsp3) is 0.235. The summed E-state index contributed by atoms with van der Waals surface area (Å²) in [5.74, 6) is -0.170. The van der Waals surface area contributed by atoms with Gasteiger partial charge in [0.1, 0.15) is 5.01 Å². The van der Waals surface area contributed by atoms with Crippen LogP contribution in [0, 0.1) is 13.8 Å². The van der Waals surface area contributed by atoms with E-state index in [1.807, 2.05) is 31.2 Å². The Hall–Kier alpha value is -2.47. The van der Waals surface area contributed by atoms with Gasteiger partial charge in [0.2, 0.25) is 5.13 Å². The van der Waals surface area contributed by atoms with Gasteiger partial charge in [-0.05, 0) is 56.7 Å². The number of aryl methyl sites for hydroxylation is 3. The van der Waals surface area contributed by atoms with E-state index in [1.54, 1.807) is 0 Å². The lowest BCUT2D eigenvalue weighted by atomic mass is 10.2. The van der Waals surface area contributed by atoms with Gasteiger partial charge in [-0.1, -0.05) is 18.3 Å². The molecule has 0 bridgehead atoms. The zero-order chi connectivity index (χ0) is 16.4. The Morgan fingerprint density at radius 3 is 2.30 bits per heavy atom. The van der Waals surface area contributed by atoms with Gasteiger partial charge in [-0.2, -0.15) is 0 Å². The van der Waals surface area contributed by atoms with Crippen molar-refractivity contribution in [2.75, 3.05) is 5.32 Å². The minimum Gasteiger partial charge on any atom is -0.319 e. The second-order valence-electron chi connectivity index (χ2n) is 5.31. The molecule has 5 nitrogen and oxygen atoms in total. The zero-order valence-corrected chi connectivity index (χ0v) is 14.1. The topological polar surface area (TPSA) is 59.8 Å². The Morgan fingerprint density at radius 2 is 1.74 bits per heavy atom. The van der Waals surface area contributed by atoms with Crippen LogP contribution >= 0.6 is 11.3 Å². The van der Waals surface area contributed by atoms with Crippen LogP contribution in [0.25, 0.3) is 5.69 Å². The summed E-state index contributed by atoms with van der Waals surface area (Å²) in [6.07, 6.45) is 0.817. The summed E-state index contributed by atoms with van der Waals surface area (Å²) in [7, 11) is 0. The molecule has 1 aromatic carbocycles. The van der Waals surface area contributed by atoms with Crippen LogP contribution in [-0.2, 0) is 6.42 Å². The van der Waals surface area contributed by atoms with Crippen molar-refractivity contribution in [3.05, 3.63) is 58.4 Å². The van der Waals surface area contributed by atoms with Gasteiger partial charge < -0.3 is 4.57 Å². The van der Waals surface area contributed by atoms with Crippen molar-refractivity contribution >= 4 is 22.4 Å². The van der Waals surface area contributed by atoms with E-state index in [-0.39, 0.29) is 5.91 Å². The average molecular weight is 326 g/mol. The molecule has 0 saturated heterocycles. The monoisotopic (exact) mass is 326 g/mol. The molecule has 2 heterocycles. The van der Waals surface area contributed by atoms with Gasteiger partial charge in [-0.3, -0.25) is 10.1 Å². The molecule has 23 heavy (non-hydrogen) atoms. The summed E-state index contributed by atoms with van der Waals surface area (Å²) in [6, 6.07) is 11.7. The van der Waals surface area contributed by atoms with Gasteiger partial charge in [0.15, 0.2) is 0 Å². The molecule has 0 atom stereocenters. The fourth-order valence-corrected chi connectivity index (χ4v) is 3.13. The molecule has 0 fully saturated rings. The van der Waals surface area contributed by atoms with E-state index < -0.39 is 0 Å². The summed E-state index contributed by atoms with van der Waals surface area (Å²) in [5.41, 5.74) is 3.98. The first-order chi connectivity index (χ1) is 11.1. The maximum atomic E-state index is 12.3. The summed E-state index contributed by atoms with van der Waals surface area (Å²) < 4.78 is 2.15. The quantitative estimate of drug-likeness (QED) is 0.794. The lowest BCUT2D eigenvalue weighted by molar-refractivity contribution is 0.102. The number of carbonyl (C=O) groups excluding carboxylic acids is 1. The Balaban J connectivity index is 1.78. The summed E-state index contributed by atoms with van der Waals surface area (Å²) >= 11 is 1.40. The molecule has 3 rings (SSSR count). The molecular formula is C17H18N4OS. The van der Waals surface area contributed by atoms with Crippen molar-refractivity contribution in [2.45, 2.75) is 27.2 Å². The highest BCUT2D eigenvalue weighted by molar-refractivity contribution is 7.15. The SMILES string of the molecule is CCc1nnc(NC(=O)c2ccc(-n3c(C)ccc3C)cc2)s1. The predicted octanol–water partition coefficient (Wildman–Crippen LogP) is 3.76. The van der Waals surface area contributed by atoms with E-state index >= 15 is 0 Å². The van der Waals surface area contributed by atoms with E-state index in [4.69, 9.17) is 0 Å². The van der Waals surface area contributed by atoms with Crippen LogP contribution in [0.4, 0.5) is 5.13 Å². The first-order valence-corrected chi connectivity index (χ1v) is 8.29. The molecule has 0 aliphatic heterocycles. The number of benzene rings is 1. The molecule has 118 valence electrons. The molecule has 0 spiro atoms. The normalized spacial score (nSPS) is 10.7. The predicted molar refractivity (Wildman–Crippen MR) is 92.5 cm³/mol. The van der Waals surface area contributed by atoms with Gasteiger partial charge in [0.25, 0.3) is 5.91 Å². The molecule has 0 aliphatic carbocycles. The molecule has 0 aliphatic rings. The van der Waals surface area contributed by atoms with E-state index in [1.165, 1.54) is 22.7 Å². The summed E-state index contributed by atoms with van der Waals surface area (Å²) in [6.45, 7) is 6.14. The van der Waals surface area contributed by atoms with Crippen molar-refractivity contribution < 1.29 is 4.79 Å². The molecule has 3 aromatic rings. The van der Waals surface area contributed by atoms with Crippen LogP contribution in [-0.4, -0.2) is 20.7 Å². The second-order valence-corrected chi connectivity index (χ2v) is 6.37. The van der Waals surface area contributed by atoms with Gasteiger partial charge in [0, 0.05) is 22.6 Å². The average Bonchev–Trinajstić information content (AvgIpc) is 3.14. The fourth-order valence-electron chi connectivity index (χ4n) is 2.45. The van der Waals surface area contributed by atoms with E-state index in [0.717, 1.165) is 17.1 Å². The van der Waals surface area contributed by atoms with Crippen LogP contribution in [0.15, 0.2) is 36.4 Å². The maximum Gasteiger partial charge on any atom is 0.257 e. The van der Waals surface area contributed by atoms with Crippen LogP contribution in [0.2, 0.25) is 0 Å². The first-order valence-electron chi connectivity index (χ1n) is 7.47. The minimum absolute atomic E-state index is 0.170. The number of nitrogens with one attached hydrogen (secondary N) is 1. The Bertz CT molecular complexity index is 813. The number of amides is 1. The van der Waals surface area contributed by atoms with Crippen molar-refractivity contribution in [3.8, 4) is 5.69 Å². The maximum absolute atomic E-state index is 12.3. The minimum atomic E-state index is -0.170. The van der Waals surface area contributed by atoms with E-state index in [9.17, 15) is 4.79 Å². The third kappa shape index (κ3) is 3.17. The van der Waals surface area contributed by atoms with Gasteiger partial charge in [0.05, 0.1) is 0 Å². The van der Waals surface area contributed by atoms with E-state index in [0.29, 0.717) is 10.7 Å². The third-order valence-corrected chi connectivity index (χ3v) is 4.63. The van der Waals surface area contributed by atoms with Gasteiger partial charge in [-0.25, -0.2) is 0 Å². The van der Waals surface area contributed by atoms with Crippen molar-refractivity contribution in [2.24, 2.45) is 0 Å². The molecule has 1 N–H and O–H groups in total. The second kappa shape index (κ2) is 6.34. The number of carbonyl (C=O) groups is 1. The Kier molecular flexibility index (Phi) is 4.25. The number of rotatable bonds is 4. The lowest BCUT2D eigenvalue weighted by Gasteiger charge is -2.10. The highest BCUT2D eigenvalue weighted by Gasteiger charge is 2.10. The van der Waals surface area contributed by atoms with Crippen LogP contribution in [0.1, 0.15) is 33.7 Å². The van der Waals surface area contributed by atoms with Crippen molar-refractivity contribution in [3.63, 3.8) is 0 Å². The molecule has 1 amide bonds. The molecule has 0 unspecified atom stereocenters. The van der Waals surface area contributed by atoms with Crippen molar-refractivity contribution in [1.82, 2.24) is 14.8 Å². The van der Waals surface area contributed by atoms with Crippen molar-refractivity contribution in [1.29, 1.82) is 0 Å². The summed E-state index contributed by atoms with van der Waals surface area (Å²) in [5, 5.41) is 12.2.